The molecule has 4 atom stereocenters. The Labute approximate surface area is 249 Å². The molecule has 224 valence electrons. The molecule has 3 aromatic rings. The standard InChI is InChI=1S/C35H43NO6/c1-26(37)20-21-30-32(40-23-28-16-10-6-11-17-28)33(41-24-29-18-12-7-13-19-29)31(36(30)34(38)42-35(2,3)4)25-39-22-27-14-8-5-9-15-27/h5-19,30-33H,20-25H2,1-4H3/t30-,31+,32+,33-/m1/s1. The van der Waals surface area contributed by atoms with Crippen LogP contribution in [0.2, 0.25) is 0 Å². The molecule has 4 rings (SSSR count). The average molecular weight is 574 g/mol. The van der Waals surface area contributed by atoms with Crippen molar-refractivity contribution < 1.29 is 28.5 Å². The summed E-state index contributed by atoms with van der Waals surface area (Å²) < 4.78 is 25.4. The maximum absolute atomic E-state index is 13.9. The molecule has 7 nitrogen and oxygen atoms in total. The molecular formula is C35H43NO6. The molecule has 1 saturated heterocycles. The van der Waals surface area contributed by atoms with Gasteiger partial charge in [0.1, 0.15) is 23.6 Å². The molecule has 0 unspecified atom stereocenters. The van der Waals surface area contributed by atoms with Gasteiger partial charge in [-0.1, -0.05) is 91.0 Å². The summed E-state index contributed by atoms with van der Waals surface area (Å²) in [7, 11) is 0. The predicted octanol–water partition coefficient (Wildman–Crippen LogP) is 6.73. The van der Waals surface area contributed by atoms with Crippen molar-refractivity contribution in [2.24, 2.45) is 0 Å². The van der Waals surface area contributed by atoms with Crippen molar-refractivity contribution in [3.8, 4) is 0 Å². The van der Waals surface area contributed by atoms with Crippen molar-refractivity contribution in [2.75, 3.05) is 6.61 Å². The number of amides is 1. The van der Waals surface area contributed by atoms with Gasteiger partial charge >= 0.3 is 6.09 Å². The molecule has 0 N–H and O–H groups in total. The Balaban J connectivity index is 1.67. The second kappa shape index (κ2) is 15.1. The monoisotopic (exact) mass is 573 g/mol. The van der Waals surface area contributed by atoms with Gasteiger partial charge in [0.25, 0.3) is 0 Å². The average Bonchev–Trinajstić information content (AvgIpc) is 3.26. The quantitative estimate of drug-likeness (QED) is 0.226. The van der Waals surface area contributed by atoms with Gasteiger partial charge in [-0.2, -0.15) is 0 Å². The van der Waals surface area contributed by atoms with E-state index in [2.05, 4.69) is 0 Å². The van der Waals surface area contributed by atoms with Crippen LogP contribution in [0.15, 0.2) is 91.0 Å². The minimum Gasteiger partial charge on any atom is -0.444 e. The zero-order chi connectivity index (χ0) is 30.0. The molecule has 0 aromatic heterocycles. The van der Waals surface area contributed by atoms with Crippen LogP contribution in [0.25, 0.3) is 0 Å². The Bertz CT molecular complexity index is 1240. The number of Topliss-reactive ketones (excluding diaryl/α,β-unsaturated/α-hetero) is 1. The van der Waals surface area contributed by atoms with Crippen LogP contribution in [0.5, 0.6) is 0 Å². The molecule has 1 aliphatic rings. The number of hydrogen-bond donors (Lipinski definition) is 0. The van der Waals surface area contributed by atoms with Gasteiger partial charge < -0.3 is 23.7 Å². The number of likely N-dealkylation sites (tertiary alicyclic amines) is 1. The van der Waals surface area contributed by atoms with E-state index < -0.39 is 36.0 Å². The Morgan fingerprint density at radius 1 is 0.690 bits per heavy atom. The van der Waals surface area contributed by atoms with Gasteiger partial charge in [-0.25, -0.2) is 4.79 Å². The zero-order valence-corrected chi connectivity index (χ0v) is 25.1. The second-order valence-corrected chi connectivity index (χ2v) is 11.8. The molecule has 1 fully saturated rings. The summed E-state index contributed by atoms with van der Waals surface area (Å²) in [5.41, 5.74) is 2.35. The van der Waals surface area contributed by atoms with E-state index in [1.807, 2.05) is 112 Å². The number of ketones is 1. The topological polar surface area (TPSA) is 74.3 Å². The molecule has 0 bridgehead atoms. The molecule has 7 heteroatoms. The van der Waals surface area contributed by atoms with Crippen LogP contribution < -0.4 is 0 Å². The molecule has 1 amide bonds. The first kappa shape index (κ1) is 31.4. The van der Waals surface area contributed by atoms with Crippen LogP contribution in [-0.4, -0.2) is 53.3 Å². The van der Waals surface area contributed by atoms with Crippen molar-refractivity contribution in [1.82, 2.24) is 4.90 Å². The van der Waals surface area contributed by atoms with Crippen LogP contribution in [-0.2, 0) is 43.6 Å². The Morgan fingerprint density at radius 2 is 1.14 bits per heavy atom. The van der Waals surface area contributed by atoms with E-state index in [9.17, 15) is 9.59 Å². The number of carbonyl (C=O) groups excluding carboxylic acids is 2. The van der Waals surface area contributed by atoms with Gasteiger partial charge in [-0.05, 0) is 50.8 Å². The van der Waals surface area contributed by atoms with Crippen LogP contribution in [0.3, 0.4) is 0 Å². The lowest BCUT2D eigenvalue weighted by Gasteiger charge is -2.33. The second-order valence-electron chi connectivity index (χ2n) is 11.8. The number of ether oxygens (including phenoxy) is 4. The van der Waals surface area contributed by atoms with Gasteiger partial charge in [0, 0.05) is 6.42 Å². The summed E-state index contributed by atoms with van der Waals surface area (Å²) in [6.45, 7) is 8.39. The number of nitrogens with zero attached hydrogens (tertiary/aromatic N) is 1. The molecule has 3 aromatic carbocycles. The molecule has 0 saturated carbocycles. The summed E-state index contributed by atoms with van der Waals surface area (Å²) in [4.78, 5) is 27.7. The molecule has 1 aliphatic heterocycles. The minimum absolute atomic E-state index is 0.0477. The fourth-order valence-corrected chi connectivity index (χ4v) is 5.23. The number of benzene rings is 3. The Hall–Kier alpha value is -3.52. The summed E-state index contributed by atoms with van der Waals surface area (Å²) in [5.74, 6) is 0.0477. The number of carbonyl (C=O) groups is 2. The first-order chi connectivity index (χ1) is 20.2. The molecule has 1 heterocycles. The fraction of sp³-hybridized carbons (Fsp3) is 0.429. The van der Waals surface area contributed by atoms with Crippen molar-refractivity contribution >= 4 is 11.9 Å². The van der Waals surface area contributed by atoms with Crippen molar-refractivity contribution in [1.29, 1.82) is 0 Å². The number of rotatable bonds is 13. The Morgan fingerprint density at radius 3 is 1.60 bits per heavy atom. The smallest absolute Gasteiger partial charge is 0.411 e. The molecular weight excluding hydrogens is 530 g/mol. The van der Waals surface area contributed by atoms with E-state index in [0.717, 1.165) is 16.7 Å². The van der Waals surface area contributed by atoms with Crippen LogP contribution in [0, 0.1) is 0 Å². The van der Waals surface area contributed by atoms with E-state index in [-0.39, 0.29) is 12.4 Å². The molecule has 0 spiro atoms. The lowest BCUT2D eigenvalue weighted by molar-refractivity contribution is -0.117. The molecule has 0 aliphatic carbocycles. The number of hydrogen-bond acceptors (Lipinski definition) is 6. The van der Waals surface area contributed by atoms with E-state index in [4.69, 9.17) is 18.9 Å². The lowest BCUT2D eigenvalue weighted by atomic mass is 10.0. The predicted molar refractivity (Wildman–Crippen MR) is 162 cm³/mol. The highest BCUT2D eigenvalue weighted by atomic mass is 16.6. The minimum atomic E-state index is -0.707. The third kappa shape index (κ3) is 9.24. The summed E-state index contributed by atoms with van der Waals surface area (Å²) >= 11 is 0. The van der Waals surface area contributed by atoms with E-state index >= 15 is 0 Å². The van der Waals surface area contributed by atoms with Gasteiger partial charge in [0.2, 0.25) is 0 Å². The summed E-state index contributed by atoms with van der Waals surface area (Å²) in [5, 5.41) is 0. The maximum Gasteiger partial charge on any atom is 0.411 e. The van der Waals surface area contributed by atoms with Crippen LogP contribution >= 0.6 is 0 Å². The highest BCUT2D eigenvalue weighted by Gasteiger charge is 2.53. The van der Waals surface area contributed by atoms with Gasteiger partial charge in [0.15, 0.2) is 0 Å². The normalized spacial score (nSPS) is 20.4. The molecule has 0 radical (unpaired) electrons. The summed E-state index contributed by atoms with van der Waals surface area (Å²) in [6, 6.07) is 28.8. The largest absolute Gasteiger partial charge is 0.444 e. The van der Waals surface area contributed by atoms with Crippen LogP contribution in [0.1, 0.15) is 57.2 Å². The van der Waals surface area contributed by atoms with Crippen LogP contribution in [0.4, 0.5) is 4.79 Å². The van der Waals surface area contributed by atoms with Crippen molar-refractivity contribution in [3.63, 3.8) is 0 Å². The highest BCUT2D eigenvalue weighted by Crippen LogP contribution is 2.35. The van der Waals surface area contributed by atoms with Gasteiger partial charge in [0.05, 0.1) is 38.5 Å². The third-order valence-corrected chi connectivity index (χ3v) is 7.16. The SMILES string of the molecule is CC(=O)CC[C@@H]1[C@H](OCc2ccccc2)[C@H](OCc2ccccc2)[C@H](COCc2ccccc2)N1C(=O)OC(C)(C)C. The van der Waals surface area contributed by atoms with E-state index in [1.165, 1.54) is 0 Å². The first-order valence-electron chi connectivity index (χ1n) is 14.6. The van der Waals surface area contributed by atoms with Crippen molar-refractivity contribution in [2.45, 2.75) is 90.2 Å². The van der Waals surface area contributed by atoms with Crippen molar-refractivity contribution in [3.05, 3.63) is 108 Å². The maximum atomic E-state index is 13.9. The fourth-order valence-electron chi connectivity index (χ4n) is 5.23. The highest BCUT2D eigenvalue weighted by molar-refractivity contribution is 5.75. The Kier molecular flexibility index (Phi) is 11.3. The van der Waals surface area contributed by atoms with E-state index in [0.29, 0.717) is 32.7 Å². The first-order valence-corrected chi connectivity index (χ1v) is 14.6. The van der Waals surface area contributed by atoms with Gasteiger partial charge in [-0.15, -0.1) is 0 Å². The van der Waals surface area contributed by atoms with E-state index in [1.54, 1.807) is 11.8 Å². The zero-order valence-electron chi connectivity index (χ0n) is 25.1. The third-order valence-electron chi connectivity index (χ3n) is 7.16. The summed E-state index contributed by atoms with van der Waals surface area (Å²) in [6.07, 6.45) is -0.768. The molecule has 42 heavy (non-hydrogen) atoms. The van der Waals surface area contributed by atoms with Gasteiger partial charge in [-0.3, -0.25) is 4.90 Å². The lowest BCUT2D eigenvalue weighted by Crippen LogP contribution is -2.48.